The molecule has 3 nitrogen and oxygen atoms in total. The molecule has 0 radical (unpaired) electrons. The van der Waals surface area contributed by atoms with Gasteiger partial charge in [-0.1, -0.05) is 25.5 Å². The predicted octanol–water partition coefficient (Wildman–Crippen LogP) is 2.04. The highest BCUT2D eigenvalue weighted by Crippen LogP contribution is 2.20. The highest BCUT2D eigenvalue weighted by Gasteiger charge is 2.19. The minimum absolute atomic E-state index is 0.269. The summed E-state index contributed by atoms with van der Waals surface area (Å²) in [7, 11) is 1.51. The zero-order valence-electron chi connectivity index (χ0n) is 9.06. The van der Waals surface area contributed by atoms with Crippen LogP contribution in [-0.4, -0.2) is 24.1 Å². The Hall–Kier alpha value is -1.35. The molecule has 3 heteroatoms. The van der Waals surface area contributed by atoms with E-state index in [0.717, 1.165) is 6.42 Å². The molecule has 1 aromatic carbocycles. The normalized spacial score (nSPS) is 12.2. The number of Topliss-reactive ketones (excluding diaryl/α,β-unsaturated/α-hetero) is 1. The molecule has 0 bridgehead atoms. The van der Waals surface area contributed by atoms with E-state index in [2.05, 4.69) is 0 Å². The van der Waals surface area contributed by atoms with Gasteiger partial charge in [0.05, 0.1) is 12.7 Å². The van der Waals surface area contributed by atoms with E-state index in [9.17, 15) is 9.90 Å². The second-order valence-electron chi connectivity index (χ2n) is 3.37. The second-order valence-corrected chi connectivity index (χ2v) is 3.37. The average Bonchev–Trinajstić information content (AvgIpc) is 2.28. The van der Waals surface area contributed by atoms with Gasteiger partial charge >= 0.3 is 0 Å². The van der Waals surface area contributed by atoms with Crippen molar-refractivity contribution in [2.75, 3.05) is 7.11 Å². The minimum Gasteiger partial charge on any atom is -0.496 e. The number of para-hydroxylation sites is 1. The van der Waals surface area contributed by atoms with Crippen LogP contribution in [0, 0.1) is 0 Å². The predicted molar refractivity (Wildman–Crippen MR) is 58.2 cm³/mol. The molecule has 0 spiro atoms. The molecule has 0 saturated carbocycles. The SMILES string of the molecule is CCCC(O)C(=O)c1ccccc1OC. The van der Waals surface area contributed by atoms with E-state index in [1.807, 2.05) is 6.92 Å². The van der Waals surface area contributed by atoms with Gasteiger partial charge in [-0.25, -0.2) is 0 Å². The van der Waals surface area contributed by atoms with Gasteiger partial charge in [0, 0.05) is 0 Å². The van der Waals surface area contributed by atoms with Crippen LogP contribution in [0.2, 0.25) is 0 Å². The molecular weight excluding hydrogens is 192 g/mol. The smallest absolute Gasteiger partial charge is 0.194 e. The molecule has 0 aromatic heterocycles. The standard InChI is InChI=1S/C12H16O3/c1-3-6-10(13)12(14)9-7-4-5-8-11(9)15-2/h4-5,7-8,10,13H,3,6H2,1-2H3. The largest absolute Gasteiger partial charge is 0.496 e. The maximum absolute atomic E-state index is 11.8. The van der Waals surface area contributed by atoms with Crippen LogP contribution in [0.3, 0.4) is 0 Å². The summed E-state index contributed by atoms with van der Waals surface area (Å²) in [6, 6.07) is 6.93. The lowest BCUT2D eigenvalue weighted by molar-refractivity contribution is 0.0726. The number of ether oxygens (including phenoxy) is 1. The quantitative estimate of drug-likeness (QED) is 0.753. The number of aliphatic hydroxyl groups excluding tert-OH is 1. The molecule has 0 amide bonds. The van der Waals surface area contributed by atoms with Crippen molar-refractivity contribution in [1.29, 1.82) is 0 Å². The van der Waals surface area contributed by atoms with E-state index in [0.29, 0.717) is 17.7 Å². The monoisotopic (exact) mass is 208 g/mol. The fourth-order valence-electron chi connectivity index (χ4n) is 1.43. The van der Waals surface area contributed by atoms with Gasteiger partial charge in [0.25, 0.3) is 0 Å². The molecule has 0 aliphatic rings. The Balaban J connectivity index is 2.90. The number of hydrogen-bond acceptors (Lipinski definition) is 3. The van der Waals surface area contributed by atoms with Gasteiger partial charge in [0.1, 0.15) is 11.9 Å². The Labute approximate surface area is 89.7 Å². The van der Waals surface area contributed by atoms with Crippen LogP contribution in [0.1, 0.15) is 30.1 Å². The molecule has 15 heavy (non-hydrogen) atoms. The lowest BCUT2D eigenvalue weighted by Crippen LogP contribution is -2.20. The zero-order chi connectivity index (χ0) is 11.3. The molecular formula is C12H16O3. The van der Waals surface area contributed by atoms with E-state index in [1.54, 1.807) is 24.3 Å². The third-order valence-electron chi connectivity index (χ3n) is 2.24. The summed E-state index contributed by atoms with van der Waals surface area (Å²) in [4.78, 5) is 11.8. The van der Waals surface area contributed by atoms with Crippen LogP contribution in [0.15, 0.2) is 24.3 Å². The summed E-state index contributed by atoms with van der Waals surface area (Å²) in [5.41, 5.74) is 0.445. The summed E-state index contributed by atoms with van der Waals surface area (Å²) in [6.45, 7) is 1.93. The van der Waals surface area contributed by atoms with Gasteiger partial charge in [-0.3, -0.25) is 4.79 Å². The molecule has 1 unspecified atom stereocenters. The van der Waals surface area contributed by atoms with Crippen molar-refractivity contribution in [3.05, 3.63) is 29.8 Å². The van der Waals surface area contributed by atoms with Crippen molar-refractivity contribution in [3.8, 4) is 5.75 Å². The lowest BCUT2D eigenvalue weighted by atomic mass is 10.0. The van der Waals surface area contributed by atoms with Gasteiger partial charge in [-0.05, 0) is 18.6 Å². The second kappa shape index (κ2) is 5.51. The number of benzene rings is 1. The van der Waals surface area contributed by atoms with Crippen LogP contribution in [0.5, 0.6) is 5.75 Å². The molecule has 0 aliphatic heterocycles. The maximum atomic E-state index is 11.8. The van der Waals surface area contributed by atoms with Crippen LogP contribution in [0.4, 0.5) is 0 Å². The van der Waals surface area contributed by atoms with Gasteiger partial charge in [0.2, 0.25) is 0 Å². The molecule has 82 valence electrons. The number of ketones is 1. The average molecular weight is 208 g/mol. The highest BCUT2D eigenvalue weighted by atomic mass is 16.5. The van der Waals surface area contributed by atoms with E-state index in [1.165, 1.54) is 7.11 Å². The third-order valence-corrected chi connectivity index (χ3v) is 2.24. The first kappa shape index (κ1) is 11.7. The first-order valence-corrected chi connectivity index (χ1v) is 5.06. The molecule has 0 aliphatic carbocycles. The Kier molecular flexibility index (Phi) is 4.31. The summed E-state index contributed by atoms with van der Waals surface area (Å²) in [5.74, 6) is 0.243. The summed E-state index contributed by atoms with van der Waals surface area (Å²) >= 11 is 0. The number of hydrogen-bond donors (Lipinski definition) is 1. The Morgan fingerprint density at radius 2 is 2.13 bits per heavy atom. The topological polar surface area (TPSA) is 46.5 Å². The van der Waals surface area contributed by atoms with Gasteiger partial charge < -0.3 is 9.84 Å². The number of carbonyl (C=O) groups excluding carboxylic acids is 1. The number of rotatable bonds is 5. The van der Waals surface area contributed by atoms with E-state index in [-0.39, 0.29) is 5.78 Å². The van der Waals surface area contributed by atoms with E-state index < -0.39 is 6.10 Å². The van der Waals surface area contributed by atoms with Crippen LogP contribution in [0.25, 0.3) is 0 Å². The zero-order valence-corrected chi connectivity index (χ0v) is 9.06. The van der Waals surface area contributed by atoms with Gasteiger partial charge in [-0.15, -0.1) is 0 Å². The fraction of sp³-hybridized carbons (Fsp3) is 0.417. The molecule has 0 saturated heterocycles. The van der Waals surface area contributed by atoms with Crippen molar-refractivity contribution >= 4 is 5.78 Å². The maximum Gasteiger partial charge on any atom is 0.194 e. The van der Waals surface area contributed by atoms with Crippen molar-refractivity contribution in [3.63, 3.8) is 0 Å². The van der Waals surface area contributed by atoms with Crippen LogP contribution < -0.4 is 4.74 Å². The minimum atomic E-state index is -0.925. The van der Waals surface area contributed by atoms with Gasteiger partial charge in [-0.2, -0.15) is 0 Å². The summed E-state index contributed by atoms with van der Waals surface area (Å²) in [6.07, 6.45) is 0.338. The lowest BCUT2D eigenvalue weighted by Gasteiger charge is -2.11. The van der Waals surface area contributed by atoms with Crippen molar-refractivity contribution in [2.45, 2.75) is 25.9 Å². The van der Waals surface area contributed by atoms with Crippen molar-refractivity contribution in [2.24, 2.45) is 0 Å². The first-order valence-electron chi connectivity index (χ1n) is 5.06. The van der Waals surface area contributed by atoms with Crippen molar-refractivity contribution in [1.82, 2.24) is 0 Å². The highest BCUT2D eigenvalue weighted by molar-refractivity contribution is 6.01. The van der Waals surface area contributed by atoms with Crippen molar-refractivity contribution < 1.29 is 14.6 Å². The molecule has 1 atom stereocenters. The van der Waals surface area contributed by atoms with Gasteiger partial charge in [0.15, 0.2) is 5.78 Å². The number of aliphatic hydroxyl groups is 1. The Morgan fingerprint density at radius 1 is 1.47 bits per heavy atom. The first-order chi connectivity index (χ1) is 7.20. The Bertz CT molecular complexity index is 333. The molecule has 1 N–H and O–H groups in total. The molecule has 0 heterocycles. The summed E-state index contributed by atoms with van der Waals surface area (Å²) < 4.78 is 5.06. The molecule has 1 aromatic rings. The fourth-order valence-corrected chi connectivity index (χ4v) is 1.43. The molecule has 0 fully saturated rings. The van der Waals surface area contributed by atoms with Crippen LogP contribution in [-0.2, 0) is 0 Å². The van der Waals surface area contributed by atoms with E-state index >= 15 is 0 Å². The number of carbonyl (C=O) groups is 1. The molecule has 1 rings (SSSR count). The van der Waals surface area contributed by atoms with Crippen LogP contribution >= 0.6 is 0 Å². The van der Waals surface area contributed by atoms with E-state index in [4.69, 9.17) is 4.74 Å². The number of methoxy groups -OCH3 is 1. The Morgan fingerprint density at radius 3 is 2.73 bits per heavy atom. The summed E-state index contributed by atoms with van der Waals surface area (Å²) in [5, 5.41) is 9.59. The third kappa shape index (κ3) is 2.80.